The van der Waals surface area contributed by atoms with Crippen LogP contribution in [0.3, 0.4) is 0 Å². The number of carbonyl (C=O) groups is 1. The van der Waals surface area contributed by atoms with Gasteiger partial charge in [-0.05, 0) is 38.1 Å². The molecule has 1 aromatic carbocycles. The molecule has 0 aliphatic heterocycles. The number of hydrogen-bond donors (Lipinski definition) is 1. The van der Waals surface area contributed by atoms with Gasteiger partial charge >= 0.3 is 0 Å². The molecule has 0 fully saturated rings. The summed E-state index contributed by atoms with van der Waals surface area (Å²) in [7, 11) is 0. The lowest BCUT2D eigenvalue weighted by molar-refractivity contribution is -0.133. The van der Waals surface area contributed by atoms with Crippen LogP contribution in [0.15, 0.2) is 24.3 Å². The van der Waals surface area contributed by atoms with Crippen LogP contribution in [0.4, 0.5) is 0 Å². The van der Waals surface area contributed by atoms with E-state index in [-0.39, 0.29) is 12.5 Å². The zero-order chi connectivity index (χ0) is 12.9. The Kier molecular flexibility index (Phi) is 4.36. The fourth-order valence-corrected chi connectivity index (χ4v) is 1.30. The highest BCUT2D eigenvalue weighted by Crippen LogP contribution is 2.20. The van der Waals surface area contributed by atoms with Gasteiger partial charge < -0.3 is 10.1 Å². The number of ether oxygens (including phenoxy) is 1. The first kappa shape index (κ1) is 13.3. The summed E-state index contributed by atoms with van der Waals surface area (Å²) >= 11 is 5.74. The van der Waals surface area contributed by atoms with Gasteiger partial charge in [-0.25, -0.2) is 0 Å². The molecule has 0 aromatic heterocycles. The summed E-state index contributed by atoms with van der Waals surface area (Å²) in [5.41, 5.74) is -1.04. The fraction of sp³-hybridized carbons (Fsp3) is 0.333. The summed E-state index contributed by atoms with van der Waals surface area (Å²) in [6.07, 6.45) is 0. The summed E-state index contributed by atoms with van der Waals surface area (Å²) in [5, 5.41) is 11.4. The maximum atomic E-state index is 11.7. The van der Waals surface area contributed by atoms with E-state index in [1.165, 1.54) is 0 Å². The average molecular weight is 253 g/mol. The first-order valence-electron chi connectivity index (χ1n) is 5.05. The zero-order valence-corrected chi connectivity index (χ0v) is 10.4. The van der Waals surface area contributed by atoms with E-state index in [9.17, 15) is 4.79 Å². The van der Waals surface area contributed by atoms with Crippen molar-refractivity contribution in [1.29, 1.82) is 5.26 Å². The third kappa shape index (κ3) is 3.97. The second kappa shape index (κ2) is 5.55. The molecule has 0 bridgehead atoms. The Bertz CT molecular complexity index is 435. The third-order valence-electron chi connectivity index (χ3n) is 2.06. The normalized spacial score (nSPS) is 10.5. The maximum absolute atomic E-state index is 11.7. The van der Waals surface area contributed by atoms with Crippen LogP contribution in [0.5, 0.6) is 5.75 Å². The zero-order valence-electron chi connectivity index (χ0n) is 9.66. The minimum atomic E-state index is -1.04. The molecule has 0 unspecified atom stereocenters. The summed E-state index contributed by atoms with van der Waals surface area (Å²) in [6.45, 7) is 3.23. The molecule has 0 radical (unpaired) electrons. The van der Waals surface area contributed by atoms with E-state index in [0.717, 1.165) is 0 Å². The van der Waals surface area contributed by atoms with Crippen molar-refractivity contribution in [2.45, 2.75) is 19.4 Å². The van der Waals surface area contributed by atoms with Crippen LogP contribution in [0, 0.1) is 11.3 Å². The Labute approximate surface area is 105 Å². The Hall–Kier alpha value is -1.73. The lowest BCUT2D eigenvalue weighted by atomic mass is 10.1. The second-order valence-corrected chi connectivity index (χ2v) is 4.34. The monoisotopic (exact) mass is 252 g/mol. The first-order chi connectivity index (χ1) is 7.95. The minimum Gasteiger partial charge on any atom is -0.478 e. The number of nitrogens with zero attached hydrogens (tertiary/aromatic N) is 1. The van der Waals surface area contributed by atoms with E-state index < -0.39 is 5.60 Å². The molecule has 17 heavy (non-hydrogen) atoms. The lowest BCUT2D eigenvalue weighted by Crippen LogP contribution is -2.46. The summed E-state index contributed by atoms with van der Waals surface area (Å²) < 4.78 is 5.54. The molecule has 0 aliphatic carbocycles. The standard InChI is InChI=1S/C12H13ClN2O2/c1-12(2,11(16)15-8-7-14)17-10-5-3-9(13)4-6-10/h3-6H,8H2,1-2H3,(H,15,16). The number of amides is 1. The van der Waals surface area contributed by atoms with Crippen LogP contribution in [0.25, 0.3) is 0 Å². The molecule has 0 aliphatic rings. The van der Waals surface area contributed by atoms with E-state index in [1.807, 2.05) is 6.07 Å². The van der Waals surface area contributed by atoms with Gasteiger partial charge in [0.2, 0.25) is 0 Å². The topological polar surface area (TPSA) is 62.1 Å². The van der Waals surface area contributed by atoms with Crippen molar-refractivity contribution in [3.05, 3.63) is 29.3 Å². The Morgan fingerprint density at radius 2 is 2.06 bits per heavy atom. The molecule has 1 rings (SSSR count). The average Bonchev–Trinajstić information content (AvgIpc) is 2.28. The number of rotatable bonds is 4. The molecule has 4 nitrogen and oxygen atoms in total. The van der Waals surface area contributed by atoms with Gasteiger partial charge in [0.15, 0.2) is 5.60 Å². The van der Waals surface area contributed by atoms with Gasteiger partial charge in [0.05, 0.1) is 6.07 Å². The number of nitrogens with one attached hydrogen (secondary N) is 1. The van der Waals surface area contributed by atoms with Gasteiger partial charge in [0, 0.05) is 5.02 Å². The van der Waals surface area contributed by atoms with E-state index in [0.29, 0.717) is 10.8 Å². The van der Waals surface area contributed by atoms with E-state index in [2.05, 4.69) is 5.32 Å². The molecule has 1 amide bonds. The largest absolute Gasteiger partial charge is 0.478 e. The summed E-state index contributed by atoms with van der Waals surface area (Å²) in [6, 6.07) is 8.56. The van der Waals surface area contributed by atoms with E-state index in [1.54, 1.807) is 38.1 Å². The van der Waals surface area contributed by atoms with Crippen molar-refractivity contribution in [3.63, 3.8) is 0 Å². The number of carbonyl (C=O) groups excluding carboxylic acids is 1. The number of benzene rings is 1. The van der Waals surface area contributed by atoms with Crippen molar-refractivity contribution in [2.75, 3.05) is 6.54 Å². The molecule has 5 heteroatoms. The molecule has 1 N–H and O–H groups in total. The van der Waals surface area contributed by atoms with Crippen molar-refractivity contribution < 1.29 is 9.53 Å². The SMILES string of the molecule is CC(C)(Oc1ccc(Cl)cc1)C(=O)NCC#N. The molecule has 1 aromatic rings. The molecule has 0 saturated carbocycles. The molecular formula is C12H13ClN2O2. The van der Waals surface area contributed by atoms with Crippen LogP contribution in [-0.4, -0.2) is 18.1 Å². The van der Waals surface area contributed by atoms with Gasteiger partial charge in [0.1, 0.15) is 12.3 Å². The van der Waals surface area contributed by atoms with Crippen LogP contribution >= 0.6 is 11.6 Å². The van der Waals surface area contributed by atoms with Crippen molar-refractivity contribution in [1.82, 2.24) is 5.32 Å². The molecule has 0 saturated heterocycles. The first-order valence-corrected chi connectivity index (χ1v) is 5.43. The predicted octanol–water partition coefficient (Wildman–Crippen LogP) is 2.14. The third-order valence-corrected chi connectivity index (χ3v) is 2.31. The molecule has 0 spiro atoms. The summed E-state index contributed by atoms with van der Waals surface area (Å²) in [5.74, 6) is 0.209. The molecule has 0 heterocycles. The van der Waals surface area contributed by atoms with Gasteiger partial charge in [-0.15, -0.1) is 0 Å². The fourth-order valence-electron chi connectivity index (χ4n) is 1.18. The quantitative estimate of drug-likeness (QED) is 0.835. The Morgan fingerprint density at radius 1 is 1.47 bits per heavy atom. The van der Waals surface area contributed by atoms with Gasteiger partial charge in [-0.1, -0.05) is 11.6 Å². The van der Waals surface area contributed by atoms with Gasteiger partial charge in [-0.2, -0.15) is 5.26 Å². The highest BCUT2D eigenvalue weighted by Gasteiger charge is 2.29. The van der Waals surface area contributed by atoms with Crippen molar-refractivity contribution >= 4 is 17.5 Å². The molecular weight excluding hydrogens is 240 g/mol. The van der Waals surface area contributed by atoms with Crippen LogP contribution < -0.4 is 10.1 Å². The van der Waals surface area contributed by atoms with E-state index in [4.69, 9.17) is 21.6 Å². The van der Waals surface area contributed by atoms with E-state index >= 15 is 0 Å². The van der Waals surface area contributed by atoms with Crippen molar-refractivity contribution in [3.8, 4) is 11.8 Å². The number of halogens is 1. The Balaban J connectivity index is 2.69. The smallest absolute Gasteiger partial charge is 0.264 e. The second-order valence-electron chi connectivity index (χ2n) is 3.91. The van der Waals surface area contributed by atoms with Crippen LogP contribution in [0.2, 0.25) is 5.02 Å². The van der Waals surface area contributed by atoms with Crippen LogP contribution in [-0.2, 0) is 4.79 Å². The predicted molar refractivity (Wildman–Crippen MR) is 64.8 cm³/mol. The molecule has 0 atom stereocenters. The number of hydrogen-bond acceptors (Lipinski definition) is 3. The minimum absolute atomic E-state index is 0.0355. The Morgan fingerprint density at radius 3 is 2.59 bits per heavy atom. The highest BCUT2D eigenvalue weighted by molar-refractivity contribution is 6.30. The van der Waals surface area contributed by atoms with Crippen molar-refractivity contribution in [2.24, 2.45) is 0 Å². The summed E-state index contributed by atoms with van der Waals surface area (Å²) in [4.78, 5) is 11.7. The maximum Gasteiger partial charge on any atom is 0.264 e. The molecule has 90 valence electrons. The highest BCUT2D eigenvalue weighted by atomic mass is 35.5. The lowest BCUT2D eigenvalue weighted by Gasteiger charge is -2.24. The van der Waals surface area contributed by atoms with Crippen LogP contribution in [0.1, 0.15) is 13.8 Å². The van der Waals surface area contributed by atoms with Gasteiger partial charge in [-0.3, -0.25) is 4.79 Å². The number of nitriles is 1. The van der Waals surface area contributed by atoms with Gasteiger partial charge in [0.25, 0.3) is 5.91 Å².